The third kappa shape index (κ3) is 2.91. The first-order chi connectivity index (χ1) is 8.20. The fourth-order valence-corrected chi connectivity index (χ4v) is 2.34. The molecule has 1 atom stereocenters. The fraction of sp³-hybridized carbons (Fsp3) is 0.429. The average molecular weight is 237 g/mol. The molecule has 0 heterocycles. The molecule has 17 heavy (non-hydrogen) atoms. The zero-order valence-corrected chi connectivity index (χ0v) is 9.97. The lowest BCUT2D eigenvalue weighted by atomic mass is 9.98. The lowest BCUT2D eigenvalue weighted by molar-refractivity contribution is 0.551. The van der Waals surface area contributed by atoms with Crippen molar-refractivity contribution in [1.29, 1.82) is 0 Å². The third-order valence-electron chi connectivity index (χ3n) is 3.31. The van der Waals surface area contributed by atoms with Crippen LogP contribution in [-0.4, -0.2) is 13.1 Å². The largest absolute Gasteiger partial charge is 0.313 e. The second kappa shape index (κ2) is 5.41. The van der Waals surface area contributed by atoms with Crippen LogP contribution in [0.5, 0.6) is 0 Å². The highest BCUT2D eigenvalue weighted by molar-refractivity contribution is 5.24. The normalized spacial score (nSPS) is 17.0. The molecule has 1 aliphatic rings. The van der Waals surface area contributed by atoms with E-state index in [0.717, 1.165) is 18.9 Å². The van der Waals surface area contributed by atoms with Crippen LogP contribution in [0, 0.1) is 11.6 Å². The molecule has 3 heteroatoms. The van der Waals surface area contributed by atoms with Crippen molar-refractivity contribution >= 4 is 0 Å². The van der Waals surface area contributed by atoms with Gasteiger partial charge in [-0.1, -0.05) is 17.7 Å². The van der Waals surface area contributed by atoms with Crippen LogP contribution in [0.2, 0.25) is 0 Å². The predicted molar refractivity (Wildman–Crippen MR) is 64.8 cm³/mol. The SMILES string of the molecule is CNC(Cc1ccc(F)cc1F)C1=CCCC1. The van der Waals surface area contributed by atoms with Gasteiger partial charge >= 0.3 is 0 Å². The van der Waals surface area contributed by atoms with E-state index in [9.17, 15) is 8.78 Å². The minimum atomic E-state index is -0.521. The minimum Gasteiger partial charge on any atom is -0.313 e. The summed E-state index contributed by atoms with van der Waals surface area (Å²) in [6, 6.07) is 3.96. The Balaban J connectivity index is 2.12. The molecule has 0 saturated carbocycles. The Morgan fingerprint density at radius 1 is 1.35 bits per heavy atom. The molecule has 1 aliphatic carbocycles. The van der Waals surface area contributed by atoms with Gasteiger partial charge in [-0.25, -0.2) is 8.78 Å². The Hall–Kier alpha value is -1.22. The molecule has 0 aliphatic heterocycles. The molecule has 1 aromatic carbocycles. The molecule has 0 amide bonds. The molecule has 0 fully saturated rings. The molecule has 92 valence electrons. The van der Waals surface area contributed by atoms with E-state index in [-0.39, 0.29) is 6.04 Å². The first-order valence-corrected chi connectivity index (χ1v) is 6.01. The van der Waals surface area contributed by atoms with Crippen LogP contribution in [0.3, 0.4) is 0 Å². The van der Waals surface area contributed by atoms with Gasteiger partial charge in [-0.2, -0.15) is 0 Å². The summed E-state index contributed by atoms with van der Waals surface area (Å²) in [5.41, 5.74) is 1.91. The maximum Gasteiger partial charge on any atom is 0.129 e. The van der Waals surface area contributed by atoms with Crippen LogP contribution in [-0.2, 0) is 6.42 Å². The molecular weight excluding hydrogens is 220 g/mol. The lowest BCUT2D eigenvalue weighted by Crippen LogP contribution is -2.29. The third-order valence-corrected chi connectivity index (χ3v) is 3.31. The number of hydrogen-bond acceptors (Lipinski definition) is 1. The zero-order chi connectivity index (χ0) is 12.3. The van der Waals surface area contributed by atoms with Crippen molar-refractivity contribution in [3.8, 4) is 0 Å². The van der Waals surface area contributed by atoms with E-state index in [1.165, 1.54) is 24.1 Å². The first kappa shape index (κ1) is 12.2. The van der Waals surface area contributed by atoms with E-state index in [1.807, 2.05) is 7.05 Å². The van der Waals surface area contributed by atoms with Gasteiger partial charge in [-0.3, -0.25) is 0 Å². The summed E-state index contributed by atoms with van der Waals surface area (Å²) in [6.07, 6.45) is 6.17. The second-order valence-corrected chi connectivity index (χ2v) is 4.45. The number of halogens is 2. The van der Waals surface area contributed by atoms with Crippen molar-refractivity contribution in [3.63, 3.8) is 0 Å². The van der Waals surface area contributed by atoms with Crippen molar-refractivity contribution in [2.45, 2.75) is 31.7 Å². The van der Waals surface area contributed by atoms with Crippen LogP contribution < -0.4 is 5.32 Å². The van der Waals surface area contributed by atoms with Gasteiger partial charge in [-0.15, -0.1) is 0 Å². The molecule has 1 unspecified atom stereocenters. The molecule has 2 rings (SSSR count). The molecule has 0 saturated heterocycles. The number of hydrogen-bond donors (Lipinski definition) is 1. The van der Waals surface area contributed by atoms with E-state index in [1.54, 1.807) is 0 Å². The van der Waals surface area contributed by atoms with Crippen LogP contribution in [0.15, 0.2) is 29.8 Å². The van der Waals surface area contributed by atoms with Crippen LogP contribution in [0.25, 0.3) is 0 Å². The summed E-state index contributed by atoms with van der Waals surface area (Å²) in [6.45, 7) is 0. The summed E-state index contributed by atoms with van der Waals surface area (Å²) >= 11 is 0. The minimum absolute atomic E-state index is 0.164. The van der Waals surface area contributed by atoms with Crippen molar-refractivity contribution in [2.24, 2.45) is 0 Å². The van der Waals surface area contributed by atoms with E-state index in [2.05, 4.69) is 11.4 Å². The van der Waals surface area contributed by atoms with Crippen LogP contribution >= 0.6 is 0 Å². The Labute approximate surface area is 101 Å². The first-order valence-electron chi connectivity index (χ1n) is 6.01. The number of allylic oxidation sites excluding steroid dienone is 1. The van der Waals surface area contributed by atoms with E-state index >= 15 is 0 Å². The molecule has 0 radical (unpaired) electrons. The van der Waals surface area contributed by atoms with Gasteiger partial charge < -0.3 is 5.32 Å². The second-order valence-electron chi connectivity index (χ2n) is 4.45. The topological polar surface area (TPSA) is 12.0 Å². The van der Waals surface area contributed by atoms with E-state index in [0.29, 0.717) is 12.0 Å². The highest BCUT2D eigenvalue weighted by Crippen LogP contribution is 2.23. The predicted octanol–water partition coefficient (Wildman–Crippen LogP) is 3.21. The molecule has 1 nitrogen and oxygen atoms in total. The Morgan fingerprint density at radius 3 is 2.76 bits per heavy atom. The Kier molecular flexibility index (Phi) is 3.89. The average Bonchev–Trinajstić information content (AvgIpc) is 2.81. The van der Waals surface area contributed by atoms with Gasteiger partial charge in [0, 0.05) is 12.1 Å². The van der Waals surface area contributed by atoms with Crippen molar-refractivity contribution in [1.82, 2.24) is 5.32 Å². The summed E-state index contributed by atoms with van der Waals surface area (Å²) < 4.78 is 26.3. The lowest BCUT2D eigenvalue weighted by Gasteiger charge is -2.18. The standard InChI is InChI=1S/C14H17F2N/c1-17-14(10-4-2-3-5-10)8-11-6-7-12(15)9-13(11)16/h4,6-7,9,14,17H,2-3,5,8H2,1H3. The summed E-state index contributed by atoms with van der Waals surface area (Å²) in [7, 11) is 1.88. The Morgan fingerprint density at radius 2 is 2.18 bits per heavy atom. The Bertz CT molecular complexity index is 426. The molecule has 1 N–H and O–H groups in total. The molecule has 0 aromatic heterocycles. The molecule has 0 bridgehead atoms. The van der Waals surface area contributed by atoms with Crippen molar-refractivity contribution < 1.29 is 8.78 Å². The number of benzene rings is 1. The maximum absolute atomic E-state index is 13.5. The number of likely N-dealkylation sites (N-methyl/N-ethyl adjacent to an activating group) is 1. The van der Waals surface area contributed by atoms with Gasteiger partial charge in [0.15, 0.2) is 0 Å². The summed E-state index contributed by atoms with van der Waals surface area (Å²) in [5.74, 6) is -0.976. The molecule has 0 spiro atoms. The highest BCUT2D eigenvalue weighted by atomic mass is 19.1. The van der Waals surface area contributed by atoms with Crippen molar-refractivity contribution in [3.05, 3.63) is 47.0 Å². The smallest absolute Gasteiger partial charge is 0.129 e. The maximum atomic E-state index is 13.5. The van der Waals surface area contributed by atoms with Gasteiger partial charge in [0.2, 0.25) is 0 Å². The quantitative estimate of drug-likeness (QED) is 0.793. The highest BCUT2D eigenvalue weighted by Gasteiger charge is 2.17. The van der Waals surface area contributed by atoms with Crippen LogP contribution in [0.4, 0.5) is 8.78 Å². The number of rotatable bonds is 4. The number of nitrogens with one attached hydrogen (secondary N) is 1. The molecule has 1 aromatic rings. The fourth-order valence-electron chi connectivity index (χ4n) is 2.34. The van der Waals surface area contributed by atoms with Gasteiger partial charge in [-0.05, 0) is 44.4 Å². The van der Waals surface area contributed by atoms with E-state index in [4.69, 9.17) is 0 Å². The van der Waals surface area contributed by atoms with Gasteiger partial charge in [0.05, 0.1) is 0 Å². The zero-order valence-electron chi connectivity index (χ0n) is 9.97. The summed E-state index contributed by atoms with van der Waals surface area (Å²) in [4.78, 5) is 0. The van der Waals surface area contributed by atoms with Gasteiger partial charge in [0.1, 0.15) is 11.6 Å². The van der Waals surface area contributed by atoms with Crippen LogP contribution in [0.1, 0.15) is 24.8 Å². The monoisotopic (exact) mass is 237 g/mol. The molecular formula is C14H17F2N. The summed E-state index contributed by atoms with van der Waals surface area (Å²) in [5, 5.41) is 3.21. The van der Waals surface area contributed by atoms with E-state index < -0.39 is 11.6 Å². The van der Waals surface area contributed by atoms with Gasteiger partial charge in [0.25, 0.3) is 0 Å². The van der Waals surface area contributed by atoms with Crippen molar-refractivity contribution in [2.75, 3.05) is 7.05 Å².